The fourth-order valence-corrected chi connectivity index (χ4v) is 2.77. The highest BCUT2D eigenvalue weighted by atomic mass is 16.2. The summed E-state index contributed by atoms with van der Waals surface area (Å²) >= 11 is 0. The molecule has 0 aliphatic carbocycles. The van der Waals surface area contributed by atoms with Gasteiger partial charge in [0.15, 0.2) is 0 Å². The SMILES string of the molecule is CCN(Cc1ccc(N(C)C)cc1)C(=O)CC1CCCN1. The van der Waals surface area contributed by atoms with Crippen molar-refractivity contribution in [1.82, 2.24) is 10.2 Å². The van der Waals surface area contributed by atoms with Crippen LogP contribution >= 0.6 is 0 Å². The molecule has 1 fully saturated rings. The van der Waals surface area contributed by atoms with Gasteiger partial charge in [-0.2, -0.15) is 0 Å². The molecule has 1 aliphatic rings. The van der Waals surface area contributed by atoms with Crippen molar-refractivity contribution in [3.05, 3.63) is 29.8 Å². The van der Waals surface area contributed by atoms with Crippen molar-refractivity contribution in [2.75, 3.05) is 32.1 Å². The number of benzene rings is 1. The largest absolute Gasteiger partial charge is 0.378 e. The smallest absolute Gasteiger partial charge is 0.224 e. The Morgan fingerprint density at radius 1 is 1.29 bits per heavy atom. The fourth-order valence-electron chi connectivity index (χ4n) is 2.77. The monoisotopic (exact) mass is 289 g/mol. The number of nitrogens with one attached hydrogen (secondary N) is 1. The summed E-state index contributed by atoms with van der Waals surface area (Å²) < 4.78 is 0. The molecular formula is C17H27N3O. The Bertz CT molecular complexity index is 450. The molecule has 1 saturated heterocycles. The van der Waals surface area contributed by atoms with Crippen molar-refractivity contribution in [2.24, 2.45) is 0 Å². The highest BCUT2D eigenvalue weighted by Crippen LogP contribution is 2.15. The molecule has 1 amide bonds. The molecule has 1 heterocycles. The van der Waals surface area contributed by atoms with Gasteiger partial charge in [-0.05, 0) is 44.0 Å². The fraction of sp³-hybridized carbons (Fsp3) is 0.588. The highest BCUT2D eigenvalue weighted by molar-refractivity contribution is 5.76. The average molecular weight is 289 g/mol. The van der Waals surface area contributed by atoms with E-state index in [-0.39, 0.29) is 5.91 Å². The Balaban J connectivity index is 1.92. The van der Waals surface area contributed by atoms with Crippen LogP contribution in [0.4, 0.5) is 5.69 Å². The first-order valence-corrected chi connectivity index (χ1v) is 7.87. The van der Waals surface area contributed by atoms with Crippen LogP contribution in [0, 0.1) is 0 Å². The topological polar surface area (TPSA) is 35.6 Å². The average Bonchev–Trinajstić information content (AvgIpc) is 2.98. The van der Waals surface area contributed by atoms with E-state index < -0.39 is 0 Å². The van der Waals surface area contributed by atoms with Gasteiger partial charge in [0.05, 0.1) is 0 Å². The molecule has 0 aromatic heterocycles. The minimum absolute atomic E-state index is 0.258. The Morgan fingerprint density at radius 2 is 2.00 bits per heavy atom. The van der Waals surface area contributed by atoms with Crippen LogP contribution in [-0.2, 0) is 11.3 Å². The summed E-state index contributed by atoms with van der Waals surface area (Å²) in [6.07, 6.45) is 2.94. The number of rotatable bonds is 6. The van der Waals surface area contributed by atoms with Crippen LogP contribution in [-0.4, -0.2) is 44.0 Å². The van der Waals surface area contributed by atoms with Crippen LogP contribution in [0.5, 0.6) is 0 Å². The molecule has 0 radical (unpaired) electrons. The van der Waals surface area contributed by atoms with Gasteiger partial charge in [0.2, 0.25) is 5.91 Å². The van der Waals surface area contributed by atoms with Gasteiger partial charge in [-0.15, -0.1) is 0 Å². The third-order valence-corrected chi connectivity index (χ3v) is 4.14. The Hall–Kier alpha value is -1.55. The first-order chi connectivity index (χ1) is 10.1. The Morgan fingerprint density at radius 3 is 2.52 bits per heavy atom. The molecule has 1 aliphatic heterocycles. The molecule has 1 unspecified atom stereocenters. The molecule has 4 heteroatoms. The molecule has 4 nitrogen and oxygen atoms in total. The molecule has 1 N–H and O–H groups in total. The molecule has 1 aromatic rings. The molecule has 0 bridgehead atoms. The van der Waals surface area contributed by atoms with Crippen LogP contribution in [0.1, 0.15) is 31.7 Å². The van der Waals surface area contributed by atoms with Gasteiger partial charge in [-0.25, -0.2) is 0 Å². The zero-order valence-electron chi connectivity index (χ0n) is 13.4. The van der Waals surface area contributed by atoms with E-state index in [1.165, 1.54) is 17.7 Å². The first kappa shape index (κ1) is 15.8. The molecule has 1 atom stereocenters. The van der Waals surface area contributed by atoms with E-state index in [2.05, 4.69) is 34.5 Å². The van der Waals surface area contributed by atoms with Crippen LogP contribution in [0.3, 0.4) is 0 Å². The highest BCUT2D eigenvalue weighted by Gasteiger charge is 2.20. The van der Waals surface area contributed by atoms with Gasteiger partial charge < -0.3 is 15.1 Å². The number of carbonyl (C=O) groups is 1. The van der Waals surface area contributed by atoms with Crippen molar-refractivity contribution in [3.63, 3.8) is 0 Å². The molecule has 116 valence electrons. The van der Waals surface area contributed by atoms with Gasteiger partial charge in [-0.3, -0.25) is 4.79 Å². The molecule has 2 rings (SSSR count). The number of anilines is 1. The van der Waals surface area contributed by atoms with Gasteiger partial charge in [0, 0.05) is 45.3 Å². The van der Waals surface area contributed by atoms with Crippen molar-refractivity contribution < 1.29 is 4.79 Å². The van der Waals surface area contributed by atoms with E-state index in [0.29, 0.717) is 19.0 Å². The zero-order valence-corrected chi connectivity index (χ0v) is 13.4. The lowest BCUT2D eigenvalue weighted by Crippen LogP contribution is -2.35. The maximum Gasteiger partial charge on any atom is 0.224 e. The molecule has 1 aromatic carbocycles. The number of nitrogens with zero attached hydrogens (tertiary/aromatic N) is 2. The molecular weight excluding hydrogens is 262 g/mol. The second kappa shape index (κ2) is 7.46. The minimum atomic E-state index is 0.258. The van der Waals surface area contributed by atoms with Crippen molar-refractivity contribution in [1.29, 1.82) is 0 Å². The van der Waals surface area contributed by atoms with Crippen molar-refractivity contribution in [3.8, 4) is 0 Å². The lowest BCUT2D eigenvalue weighted by Gasteiger charge is -2.23. The predicted octanol–water partition coefficient (Wildman–Crippen LogP) is 2.24. The van der Waals surface area contributed by atoms with E-state index in [1.54, 1.807) is 0 Å². The normalized spacial score (nSPS) is 17.8. The third-order valence-electron chi connectivity index (χ3n) is 4.14. The van der Waals surface area contributed by atoms with E-state index in [9.17, 15) is 4.79 Å². The van der Waals surface area contributed by atoms with Gasteiger partial charge in [-0.1, -0.05) is 12.1 Å². The molecule has 21 heavy (non-hydrogen) atoms. The lowest BCUT2D eigenvalue weighted by molar-refractivity contribution is -0.132. The summed E-state index contributed by atoms with van der Waals surface area (Å²) in [7, 11) is 4.07. The van der Waals surface area contributed by atoms with Crippen molar-refractivity contribution in [2.45, 2.75) is 38.8 Å². The standard InChI is InChI=1S/C17H27N3O/c1-4-20(17(21)12-15-6-5-11-18-15)13-14-7-9-16(10-8-14)19(2)3/h7-10,15,18H,4-6,11-13H2,1-3H3. The summed E-state index contributed by atoms with van der Waals surface area (Å²) in [6.45, 7) is 4.57. The summed E-state index contributed by atoms with van der Waals surface area (Å²) in [6, 6.07) is 8.80. The van der Waals surface area contributed by atoms with E-state index in [0.717, 1.165) is 19.5 Å². The number of carbonyl (C=O) groups excluding carboxylic acids is 1. The van der Waals surface area contributed by atoms with E-state index >= 15 is 0 Å². The number of hydrogen-bond acceptors (Lipinski definition) is 3. The van der Waals surface area contributed by atoms with Gasteiger partial charge >= 0.3 is 0 Å². The summed E-state index contributed by atoms with van der Waals surface area (Å²) in [5, 5.41) is 3.40. The van der Waals surface area contributed by atoms with Crippen LogP contribution in [0.25, 0.3) is 0 Å². The maximum atomic E-state index is 12.4. The summed E-state index contributed by atoms with van der Waals surface area (Å²) in [5.41, 5.74) is 2.37. The quantitative estimate of drug-likeness (QED) is 0.872. The second-order valence-corrected chi connectivity index (χ2v) is 5.97. The van der Waals surface area contributed by atoms with Crippen LogP contribution in [0.2, 0.25) is 0 Å². The zero-order chi connectivity index (χ0) is 15.2. The van der Waals surface area contributed by atoms with Crippen LogP contribution < -0.4 is 10.2 Å². The lowest BCUT2D eigenvalue weighted by atomic mass is 10.1. The number of amides is 1. The Labute approximate surface area is 128 Å². The first-order valence-electron chi connectivity index (χ1n) is 7.87. The minimum Gasteiger partial charge on any atom is -0.378 e. The predicted molar refractivity (Wildman–Crippen MR) is 87.5 cm³/mol. The van der Waals surface area contributed by atoms with Gasteiger partial charge in [0.25, 0.3) is 0 Å². The van der Waals surface area contributed by atoms with Gasteiger partial charge in [0.1, 0.15) is 0 Å². The Kier molecular flexibility index (Phi) is 5.62. The van der Waals surface area contributed by atoms with E-state index in [4.69, 9.17) is 0 Å². The maximum absolute atomic E-state index is 12.4. The third kappa shape index (κ3) is 4.46. The molecule has 0 spiro atoms. The van der Waals surface area contributed by atoms with Crippen molar-refractivity contribution >= 4 is 11.6 Å². The number of hydrogen-bond donors (Lipinski definition) is 1. The van der Waals surface area contributed by atoms with Crippen LogP contribution in [0.15, 0.2) is 24.3 Å². The summed E-state index contributed by atoms with van der Waals surface area (Å²) in [4.78, 5) is 16.4. The van der Waals surface area contributed by atoms with E-state index in [1.807, 2.05) is 25.9 Å². The summed E-state index contributed by atoms with van der Waals surface area (Å²) in [5.74, 6) is 0.258. The molecule has 0 saturated carbocycles. The second-order valence-electron chi connectivity index (χ2n) is 5.97.